The van der Waals surface area contributed by atoms with Crippen LogP contribution in [0.4, 0.5) is 0 Å². The average Bonchev–Trinajstić information content (AvgIpc) is 2.68. The molecule has 0 aromatic carbocycles. The molecule has 0 unspecified atom stereocenters. The van der Waals surface area contributed by atoms with Gasteiger partial charge in [-0.3, -0.25) is 4.79 Å². The molecule has 2 N–H and O–H groups in total. The summed E-state index contributed by atoms with van der Waals surface area (Å²) in [4.78, 5) is 14.2. The van der Waals surface area contributed by atoms with Gasteiger partial charge in [-0.15, -0.1) is 0 Å². The number of nitrogens with zero attached hydrogens (tertiary/aromatic N) is 1. The van der Waals surface area contributed by atoms with Crippen molar-refractivity contribution in [1.82, 2.24) is 4.90 Å². The van der Waals surface area contributed by atoms with Crippen molar-refractivity contribution in [2.75, 3.05) is 32.8 Å². The molecule has 0 aromatic rings. The maximum absolute atomic E-state index is 12.2. The SMILES string of the molecule is NCC1CCC(CC(=O)N2CCCOCC2)CC1. The zero-order valence-corrected chi connectivity index (χ0v) is 11.3. The predicted molar refractivity (Wildman–Crippen MR) is 71.1 cm³/mol. The summed E-state index contributed by atoms with van der Waals surface area (Å²) in [6.07, 6.45) is 6.48. The van der Waals surface area contributed by atoms with E-state index in [1.54, 1.807) is 0 Å². The molecule has 1 aliphatic heterocycles. The topological polar surface area (TPSA) is 55.6 Å². The Kier molecular flexibility index (Phi) is 5.45. The maximum atomic E-state index is 12.2. The van der Waals surface area contributed by atoms with Gasteiger partial charge in [-0.05, 0) is 50.5 Å². The van der Waals surface area contributed by atoms with Gasteiger partial charge in [0.2, 0.25) is 5.91 Å². The molecule has 2 rings (SSSR count). The van der Waals surface area contributed by atoms with Crippen LogP contribution in [0.1, 0.15) is 38.5 Å². The third-order valence-electron chi connectivity index (χ3n) is 4.34. The summed E-state index contributed by atoms with van der Waals surface area (Å²) in [5.41, 5.74) is 5.70. The normalized spacial score (nSPS) is 29.9. The van der Waals surface area contributed by atoms with Gasteiger partial charge in [-0.25, -0.2) is 0 Å². The van der Waals surface area contributed by atoms with Crippen LogP contribution in [0.15, 0.2) is 0 Å². The van der Waals surface area contributed by atoms with Crippen molar-refractivity contribution >= 4 is 5.91 Å². The number of amides is 1. The summed E-state index contributed by atoms with van der Waals surface area (Å²) in [5, 5.41) is 0. The van der Waals surface area contributed by atoms with Crippen LogP contribution in [-0.4, -0.2) is 43.7 Å². The van der Waals surface area contributed by atoms with Gasteiger partial charge >= 0.3 is 0 Å². The monoisotopic (exact) mass is 254 g/mol. The highest BCUT2D eigenvalue weighted by molar-refractivity contribution is 5.76. The zero-order valence-electron chi connectivity index (χ0n) is 11.3. The first kappa shape index (κ1) is 13.8. The molecule has 0 atom stereocenters. The van der Waals surface area contributed by atoms with Crippen LogP contribution in [0.2, 0.25) is 0 Å². The number of carbonyl (C=O) groups excluding carboxylic acids is 1. The van der Waals surface area contributed by atoms with Gasteiger partial charge in [0.15, 0.2) is 0 Å². The van der Waals surface area contributed by atoms with Gasteiger partial charge in [0, 0.05) is 26.1 Å². The Labute approximate surface area is 110 Å². The smallest absolute Gasteiger partial charge is 0.222 e. The quantitative estimate of drug-likeness (QED) is 0.828. The van der Waals surface area contributed by atoms with Crippen molar-refractivity contribution in [2.24, 2.45) is 17.6 Å². The Morgan fingerprint density at radius 2 is 1.83 bits per heavy atom. The van der Waals surface area contributed by atoms with E-state index in [4.69, 9.17) is 10.5 Å². The minimum absolute atomic E-state index is 0.330. The summed E-state index contributed by atoms with van der Waals surface area (Å²) in [5.74, 6) is 1.61. The molecule has 104 valence electrons. The van der Waals surface area contributed by atoms with Crippen molar-refractivity contribution < 1.29 is 9.53 Å². The van der Waals surface area contributed by atoms with Crippen LogP contribution in [0.25, 0.3) is 0 Å². The fourth-order valence-electron chi connectivity index (χ4n) is 3.04. The molecule has 1 amide bonds. The van der Waals surface area contributed by atoms with E-state index in [2.05, 4.69) is 0 Å². The number of ether oxygens (including phenoxy) is 1. The van der Waals surface area contributed by atoms with E-state index in [0.717, 1.165) is 39.1 Å². The number of carbonyl (C=O) groups is 1. The lowest BCUT2D eigenvalue weighted by Crippen LogP contribution is -2.35. The van der Waals surface area contributed by atoms with E-state index in [9.17, 15) is 4.79 Å². The van der Waals surface area contributed by atoms with Crippen molar-refractivity contribution in [3.05, 3.63) is 0 Å². The van der Waals surface area contributed by atoms with Crippen LogP contribution in [0.3, 0.4) is 0 Å². The summed E-state index contributed by atoms with van der Waals surface area (Å²) in [6.45, 7) is 3.95. The van der Waals surface area contributed by atoms with E-state index < -0.39 is 0 Å². The second-order valence-corrected chi connectivity index (χ2v) is 5.67. The van der Waals surface area contributed by atoms with Crippen molar-refractivity contribution in [3.63, 3.8) is 0 Å². The lowest BCUT2D eigenvalue weighted by Gasteiger charge is -2.29. The Hall–Kier alpha value is -0.610. The van der Waals surface area contributed by atoms with Crippen molar-refractivity contribution in [2.45, 2.75) is 38.5 Å². The largest absolute Gasteiger partial charge is 0.380 e. The van der Waals surface area contributed by atoms with Crippen molar-refractivity contribution in [3.8, 4) is 0 Å². The Morgan fingerprint density at radius 1 is 1.11 bits per heavy atom. The Morgan fingerprint density at radius 3 is 2.56 bits per heavy atom. The van der Waals surface area contributed by atoms with Gasteiger partial charge in [-0.2, -0.15) is 0 Å². The molecule has 0 radical (unpaired) electrons. The third-order valence-corrected chi connectivity index (χ3v) is 4.34. The average molecular weight is 254 g/mol. The summed E-state index contributed by atoms with van der Waals surface area (Å²) >= 11 is 0. The molecular formula is C14H26N2O2. The van der Waals surface area contributed by atoms with Gasteiger partial charge in [-0.1, -0.05) is 0 Å². The Bertz CT molecular complexity index is 255. The van der Waals surface area contributed by atoms with Crippen LogP contribution in [0, 0.1) is 11.8 Å². The molecular weight excluding hydrogens is 228 g/mol. The van der Waals surface area contributed by atoms with E-state index in [0.29, 0.717) is 24.3 Å². The third kappa shape index (κ3) is 3.95. The molecule has 18 heavy (non-hydrogen) atoms. The molecule has 1 heterocycles. The lowest BCUT2D eigenvalue weighted by molar-refractivity contribution is -0.132. The molecule has 0 spiro atoms. The molecule has 2 aliphatic rings. The molecule has 0 aromatic heterocycles. The summed E-state index contributed by atoms with van der Waals surface area (Å²) in [7, 11) is 0. The van der Waals surface area contributed by atoms with E-state index in [-0.39, 0.29) is 0 Å². The van der Waals surface area contributed by atoms with E-state index >= 15 is 0 Å². The molecule has 1 saturated heterocycles. The number of nitrogens with two attached hydrogens (primary N) is 1. The predicted octanol–water partition coefficient (Wildman–Crippen LogP) is 1.39. The number of hydrogen-bond acceptors (Lipinski definition) is 3. The van der Waals surface area contributed by atoms with Crippen LogP contribution >= 0.6 is 0 Å². The highest BCUT2D eigenvalue weighted by Gasteiger charge is 2.24. The van der Waals surface area contributed by atoms with Crippen molar-refractivity contribution in [1.29, 1.82) is 0 Å². The first-order valence-corrected chi connectivity index (χ1v) is 7.35. The second-order valence-electron chi connectivity index (χ2n) is 5.67. The highest BCUT2D eigenvalue weighted by atomic mass is 16.5. The fourth-order valence-corrected chi connectivity index (χ4v) is 3.04. The fraction of sp³-hybridized carbons (Fsp3) is 0.929. The summed E-state index contributed by atoms with van der Waals surface area (Å²) in [6, 6.07) is 0. The Balaban J connectivity index is 1.73. The molecule has 1 aliphatic carbocycles. The van der Waals surface area contributed by atoms with E-state index in [1.165, 1.54) is 25.7 Å². The number of hydrogen-bond donors (Lipinski definition) is 1. The zero-order chi connectivity index (χ0) is 12.8. The van der Waals surface area contributed by atoms with Crippen LogP contribution < -0.4 is 5.73 Å². The van der Waals surface area contributed by atoms with Gasteiger partial charge in [0.25, 0.3) is 0 Å². The van der Waals surface area contributed by atoms with Crippen LogP contribution in [0.5, 0.6) is 0 Å². The molecule has 4 nitrogen and oxygen atoms in total. The first-order valence-electron chi connectivity index (χ1n) is 7.35. The lowest BCUT2D eigenvalue weighted by atomic mass is 9.80. The summed E-state index contributed by atoms with van der Waals surface area (Å²) < 4.78 is 5.39. The molecule has 4 heteroatoms. The second kappa shape index (κ2) is 7.10. The molecule has 1 saturated carbocycles. The minimum atomic E-state index is 0.330. The maximum Gasteiger partial charge on any atom is 0.222 e. The van der Waals surface area contributed by atoms with Gasteiger partial charge in [0.05, 0.1) is 6.61 Å². The number of rotatable bonds is 3. The highest BCUT2D eigenvalue weighted by Crippen LogP contribution is 2.30. The standard InChI is InChI=1S/C14H26N2O2/c15-11-13-4-2-12(3-5-13)10-14(17)16-6-1-8-18-9-7-16/h12-13H,1-11,15H2. The first-order chi connectivity index (χ1) is 8.79. The van der Waals surface area contributed by atoms with Gasteiger partial charge < -0.3 is 15.4 Å². The molecule has 2 fully saturated rings. The van der Waals surface area contributed by atoms with E-state index in [1.807, 2.05) is 4.90 Å². The van der Waals surface area contributed by atoms with Crippen LogP contribution in [-0.2, 0) is 9.53 Å². The molecule has 0 bridgehead atoms. The van der Waals surface area contributed by atoms with Gasteiger partial charge in [0.1, 0.15) is 0 Å². The minimum Gasteiger partial charge on any atom is -0.380 e.